The number of carbonyl (C=O) groups excluding carboxylic acids is 2. The Balaban J connectivity index is 2.23. The predicted octanol–water partition coefficient (Wildman–Crippen LogP) is 1.89. The van der Waals surface area contributed by atoms with E-state index in [9.17, 15) is 19.5 Å². The number of amides is 2. The van der Waals surface area contributed by atoms with Gasteiger partial charge in [-0.3, -0.25) is 14.6 Å². The molecule has 2 amide bonds. The van der Waals surface area contributed by atoms with Gasteiger partial charge in [0.2, 0.25) is 0 Å². The van der Waals surface area contributed by atoms with E-state index in [4.69, 9.17) is 0 Å². The lowest BCUT2D eigenvalue weighted by Gasteiger charge is -2.18. The number of nitrogens with zero attached hydrogens (tertiary/aromatic N) is 2. The Morgan fingerprint density at radius 3 is 2.52 bits per heavy atom. The maximum Gasteiger partial charge on any atom is 0.337 e. The van der Waals surface area contributed by atoms with Gasteiger partial charge < -0.3 is 5.11 Å². The van der Waals surface area contributed by atoms with Crippen LogP contribution < -0.4 is 4.90 Å². The van der Waals surface area contributed by atoms with Gasteiger partial charge in [-0.15, -0.1) is 0 Å². The molecule has 2 aromatic rings. The molecule has 0 bridgehead atoms. The number of benzene rings is 1. The summed E-state index contributed by atoms with van der Waals surface area (Å²) in [5.41, 5.74) is 0.975. The summed E-state index contributed by atoms with van der Waals surface area (Å²) in [6, 6.07) is 6.05. The van der Waals surface area contributed by atoms with E-state index >= 15 is 0 Å². The summed E-state index contributed by atoms with van der Waals surface area (Å²) in [6.07, 6.45) is 2.73. The molecule has 2 heterocycles. The molecule has 0 saturated carbocycles. The molecule has 21 heavy (non-hydrogen) atoms. The van der Waals surface area contributed by atoms with E-state index in [-0.39, 0.29) is 22.4 Å². The van der Waals surface area contributed by atoms with Crippen LogP contribution >= 0.6 is 0 Å². The van der Waals surface area contributed by atoms with E-state index in [2.05, 4.69) is 4.98 Å². The first-order chi connectivity index (χ1) is 10.0. The summed E-state index contributed by atoms with van der Waals surface area (Å²) in [4.78, 5) is 40.9. The zero-order valence-electron chi connectivity index (χ0n) is 11.0. The minimum Gasteiger partial charge on any atom is -0.478 e. The first-order valence-corrected chi connectivity index (χ1v) is 6.18. The fourth-order valence-corrected chi connectivity index (χ4v) is 2.42. The van der Waals surface area contributed by atoms with Crippen molar-refractivity contribution in [2.45, 2.75) is 6.92 Å². The molecule has 0 saturated heterocycles. The average molecular weight is 282 g/mol. The topological polar surface area (TPSA) is 87.6 Å². The van der Waals surface area contributed by atoms with Gasteiger partial charge in [-0.1, -0.05) is 12.1 Å². The molecular weight excluding hydrogens is 272 g/mol. The molecule has 0 atom stereocenters. The van der Waals surface area contributed by atoms with Gasteiger partial charge >= 0.3 is 5.97 Å². The van der Waals surface area contributed by atoms with Crippen molar-refractivity contribution in [1.82, 2.24) is 4.98 Å². The van der Waals surface area contributed by atoms with E-state index < -0.39 is 17.8 Å². The SMILES string of the molecule is Cc1cccc(C(=O)O)c1N1C(=O)c2ccncc2C1=O. The second-order valence-electron chi connectivity index (χ2n) is 4.64. The molecule has 6 nitrogen and oxygen atoms in total. The number of carboxylic acids is 1. The van der Waals surface area contributed by atoms with Crippen molar-refractivity contribution in [3.63, 3.8) is 0 Å². The molecule has 1 aliphatic heterocycles. The number of hydrogen-bond acceptors (Lipinski definition) is 4. The quantitative estimate of drug-likeness (QED) is 0.850. The van der Waals surface area contributed by atoms with Crippen molar-refractivity contribution in [1.29, 1.82) is 0 Å². The third-order valence-corrected chi connectivity index (χ3v) is 3.38. The molecule has 3 rings (SSSR count). The number of imide groups is 1. The van der Waals surface area contributed by atoms with Crippen LogP contribution in [0.2, 0.25) is 0 Å². The number of fused-ring (bicyclic) bond motifs is 1. The number of pyridine rings is 1. The Bertz CT molecular complexity index is 763. The molecular formula is C15H10N2O4. The molecule has 1 N–H and O–H groups in total. The van der Waals surface area contributed by atoms with Gasteiger partial charge in [-0.2, -0.15) is 0 Å². The van der Waals surface area contributed by atoms with Crippen molar-refractivity contribution in [3.05, 3.63) is 58.9 Å². The van der Waals surface area contributed by atoms with Crippen molar-refractivity contribution in [2.75, 3.05) is 4.90 Å². The smallest absolute Gasteiger partial charge is 0.337 e. The summed E-state index contributed by atoms with van der Waals surface area (Å²) < 4.78 is 0. The Kier molecular flexibility index (Phi) is 2.79. The summed E-state index contributed by atoms with van der Waals surface area (Å²) in [5, 5.41) is 9.28. The summed E-state index contributed by atoms with van der Waals surface area (Å²) in [7, 11) is 0. The standard InChI is InChI=1S/C15H10N2O4/c1-8-3-2-4-10(15(20)21)12(8)17-13(18)9-5-6-16-7-11(9)14(17)19/h2-7H,1H3,(H,20,21). The molecule has 1 aromatic heterocycles. The highest BCUT2D eigenvalue weighted by atomic mass is 16.4. The maximum atomic E-state index is 12.4. The van der Waals surface area contributed by atoms with Gasteiger partial charge in [0, 0.05) is 12.4 Å². The zero-order valence-corrected chi connectivity index (χ0v) is 11.0. The fourth-order valence-electron chi connectivity index (χ4n) is 2.42. The molecule has 0 aliphatic carbocycles. The Hall–Kier alpha value is -3.02. The maximum absolute atomic E-state index is 12.4. The predicted molar refractivity (Wildman–Crippen MR) is 73.5 cm³/mol. The highest BCUT2D eigenvalue weighted by molar-refractivity contribution is 6.35. The third kappa shape index (κ3) is 1.80. The van der Waals surface area contributed by atoms with Crippen molar-refractivity contribution < 1.29 is 19.5 Å². The minimum atomic E-state index is -1.19. The van der Waals surface area contributed by atoms with Gasteiger partial charge in [0.1, 0.15) is 0 Å². The zero-order chi connectivity index (χ0) is 15.1. The van der Waals surface area contributed by atoms with Gasteiger partial charge in [-0.25, -0.2) is 9.69 Å². The molecule has 1 aromatic carbocycles. The lowest BCUT2D eigenvalue weighted by molar-refractivity contribution is 0.0697. The van der Waals surface area contributed by atoms with Crippen LogP contribution in [0.1, 0.15) is 36.6 Å². The largest absolute Gasteiger partial charge is 0.478 e. The molecule has 6 heteroatoms. The number of carbonyl (C=O) groups is 3. The van der Waals surface area contributed by atoms with Crippen molar-refractivity contribution in [2.24, 2.45) is 0 Å². The van der Waals surface area contributed by atoms with E-state index in [0.29, 0.717) is 5.56 Å². The van der Waals surface area contributed by atoms with Crippen LogP contribution in [0.5, 0.6) is 0 Å². The van der Waals surface area contributed by atoms with Crippen LogP contribution in [0.25, 0.3) is 0 Å². The second-order valence-corrected chi connectivity index (χ2v) is 4.64. The number of rotatable bonds is 2. The molecule has 0 radical (unpaired) electrons. The van der Waals surface area contributed by atoms with Gasteiger partial charge in [0.25, 0.3) is 11.8 Å². The first-order valence-electron chi connectivity index (χ1n) is 6.18. The molecule has 0 unspecified atom stereocenters. The van der Waals surface area contributed by atoms with E-state index in [1.165, 1.54) is 24.5 Å². The highest BCUT2D eigenvalue weighted by Crippen LogP contribution is 2.32. The lowest BCUT2D eigenvalue weighted by Crippen LogP contribution is -2.31. The Labute approximate surface area is 119 Å². The van der Waals surface area contributed by atoms with Gasteiger partial charge in [0.15, 0.2) is 0 Å². The lowest BCUT2D eigenvalue weighted by atomic mass is 10.1. The number of hydrogen-bond donors (Lipinski definition) is 1. The van der Waals surface area contributed by atoms with Crippen molar-refractivity contribution >= 4 is 23.5 Å². The summed E-state index contributed by atoms with van der Waals surface area (Å²) >= 11 is 0. The summed E-state index contributed by atoms with van der Waals surface area (Å²) in [5.74, 6) is -2.28. The Morgan fingerprint density at radius 2 is 1.86 bits per heavy atom. The van der Waals surface area contributed by atoms with Crippen LogP contribution in [0, 0.1) is 6.92 Å². The van der Waals surface area contributed by atoms with Crippen LogP contribution in [-0.4, -0.2) is 27.9 Å². The average Bonchev–Trinajstić information content (AvgIpc) is 2.72. The number of anilines is 1. The van der Waals surface area contributed by atoms with Crippen LogP contribution in [0.3, 0.4) is 0 Å². The number of aryl methyl sites for hydroxylation is 1. The monoisotopic (exact) mass is 282 g/mol. The van der Waals surface area contributed by atoms with Crippen LogP contribution in [0.15, 0.2) is 36.7 Å². The van der Waals surface area contributed by atoms with Crippen molar-refractivity contribution in [3.8, 4) is 0 Å². The first kappa shape index (κ1) is 13.0. The molecule has 104 valence electrons. The van der Waals surface area contributed by atoms with Crippen LogP contribution in [0.4, 0.5) is 5.69 Å². The molecule has 1 aliphatic rings. The normalized spacial score (nSPS) is 13.5. The van der Waals surface area contributed by atoms with E-state index in [0.717, 1.165) is 4.90 Å². The molecule has 0 spiro atoms. The fraction of sp³-hybridized carbons (Fsp3) is 0.0667. The number of aromatic nitrogens is 1. The number of aromatic carboxylic acids is 1. The van der Waals surface area contributed by atoms with Crippen LogP contribution in [-0.2, 0) is 0 Å². The van der Waals surface area contributed by atoms with E-state index in [1.54, 1.807) is 19.1 Å². The highest BCUT2D eigenvalue weighted by Gasteiger charge is 2.39. The Morgan fingerprint density at radius 1 is 1.14 bits per heavy atom. The van der Waals surface area contributed by atoms with E-state index in [1.807, 2.05) is 0 Å². The second kappa shape index (κ2) is 4.52. The summed E-state index contributed by atoms with van der Waals surface area (Å²) in [6.45, 7) is 1.66. The third-order valence-electron chi connectivity index (χ3n) is 3.38. The van der Waals surface area contributed by atoms with Gasteiger partial charge in [-0.05, 0) is 24.6 Å². The minimum absolute atomic E-state index is 0.0857. The number of carboxylic acid groups (broad SMARTS) is 1. The van der Waals surface area contributed by atoms with Gasteiger partial charge in [0.05, 0.1) is 22.4 Å². The number of para-hydroxylation sites is 1. The molecule has 0 fully saturated rings.